The number of fused-ring (bicyclic) bond motifs is 1. The van der Waals surface area contributed by atoms with Gasteiger partial charge >= 0.3 is 0 Å². The number of aromatic nitrogens is 2. The van der Waals surface area contributed by atoms with Crippen LogP contribution >= 0.6 is 11.3 Å². The van der Waals surface area contributed by atoms with Crippen molar-refractivity contribution in [2.24, 2.45) is 0 Å². The SMILES string of the molecule is CNCC[C@H](Oc1cccn2ccnc12)c1cccs1. The van der Waals surface area contributed by atoms with Crippen molar-refractivity contribution < 1.29 is 4.74 Å². The Balaban J connectivity index is 1.87. The highest BCUT2D eigenvalue weighted by Gasteiger charge is 2.16. The molecule has 0 saturated carbocycles. The molecule has 20 heavy (non-hydrogen) atoms. The van der Waals surface area contributed by atoms with Crippen LogP contribution in [0.25, 0.3) is 5.65 Å². The molecule has 1 N–H and O–H groups in total. The van der Waals surface area contributed by atoms with Crippen LogP contribution in [0.1, 0.15) is 17.4 Å². The first kappa shape index (κ1) is 13.1. The van der Waals surface area contributed by atoms with Crippen molar-refractivity contribution in [1.29, 1.82) is 0 Å². The Morgan fingerprint density at radius 2 is 2.30 bits per heavy atom. The largest absolute Gasteiger partial charge is 0.481 e. The molecule has 0 aromatic carbocycles. The van der Waals surface area contributed by atoms with E-state index in [9.17, 15) is 0 Å². The molecule has 104 valence electrons. The van der Waals surface area contributed by atoms with Gasteiger partial charge < -0.3 is 14.5 Å². The zero-order chi connectivity index (χ0) is 13.8. The number of thiophene rings is 1. The van der Waals surface area contributed by atoms with Crippen LogP contribution in [0.5, 0.6) is 5.75 Å². The van der Waals surface area contributed by atoms with Gasteiger partial charge in [0.05, 0.1) is 0 Å². The van der Waals surface area contributed by atoms with E-state index in [-0.39, 0.29) is 6.10 Å². The monoisotopic (exact) mass is 287 g/mol. The van der Waals surface area contributed by atoms with Gasteiger partial charge in [0.1, 0.15) is 6.10 Å². The zero-order valence-corrected chi connectivity index (χ0v) is 12.1. The molecule has 0 saturated heterocycles. The van der Waals surface area contributed by atoms with Gasteiger partial charge in [0.25, 0.3) is 0 Å². The Morgan fingerprint density at radius 3 is 3.10 bits per heavy atom. The van der Waals surface area contributed by atoms with E-state index in [4.69, 9.17) is 4.74 Å². The highest BCUT2D eigenvalue weighted by Crippen LogP contribution is 2.29. The first-order chi connectivity index (χ1) is 9.88. The van der Waals surface area contributed by atoms with E-state index in [0.29, 0.717) is 0 Å². The minimum Gasteiger partial charge on any atom is -0.481 e. The van der Waals surface area contributed by atoms with Gasteiger partial charge in [-0.25, -0.2) is 4.98 Å². The second kappa shape index (κ2) is 6.07. The molecule has 3 rings (SSSR count). The molecular weight excluding hydrogens is 270 g/mol. The van der Waals surface area contributed by atoms with Crippen LogP contribution < -0.4 is 10.1 Å². The van der Waals surface area contributed by atoms with E-state index in [0.717, 1.165) is 24.4 Å². The molecule has 5 heteroatoms. The van der Waals surface area contributed by atoms with Crippen LogP contribution in [-0.4, -0.2) is 23.0 Å². The lowest BCUT2D eigenvalue weighted by Crippen LogP contribution is -2.15. The predicted octanol–water partition coefficient (Wildman–Crippen LogP) is 3.13. The number of imidazole rings is 1. The molecule has 3 aromatic rings. The normalized spacial score (nSPS) is 12.7. The Morgan fingerprint density at radius 1 is 1.35 bits per heavy atom. The topological polar surface area (TPSA) is 38.6 Å². The highest BCUT2D eigenvalue weighted by molar-refractivity contribution is 7.10. The molecule has 0 fully saturated rings. The molecule has 3 heterocycles. The number of nitrogens with one attached hydrogen (secondary N) is 1. The summed E-state index contributed by atoms with van der Waals surface area (Å²) in [5.74, 6) is 0.826. The Hall–Kier alpha value is -1.85. The maximum absolute atomic E-state index is 6.22. The van der Waals surface area contributed by atoms with Crippen molar-refractivity contribution in [3.8, 4) is 5.75 Å². The van der Waals surface area contributed by atoms with Crippen molar-refractivity contribution in [2.45, 2.75) is 12.5 Å². The van der Waals surface area contributed by atoms with Gasteiger partial charge in [0.15, 0.2) is 11.4 Å². The summed E-state index contributed by atoms with van der Waals surface area (Å²) in [5.41, 5.74) is 0.860. The molecule has 0 unspecified atom stereocenters. The number of nitrogens with zero attached hydrogens (tertiary/aromatic N) is 2. The Kier molecular flexibility index (Phi) is 3.99. The van der Waals surface area contributed by atoms with Gasteiger partial charge in [-0.05, 0) is 37.2 Å². The van der Waals surface area contributed by atoms with Crippen LogP contribution in [0, 0.1) is 0 Å². The van der Waals surface area contributed by atoms with Crippen molar-refractivity contribution >= 4 is 17.0 Å². The van der Waals surface area contributed by atoms with Crippen LogP contribution in [0.3, 0.4) is 0 Å². The standard InChI is InChI=1S/C15H17N3OS/c1-16-7-6-12(14-5-3-11-20-14)19-13-4-2-9-18-10-8-17-15(13)18/h2-5,8-12,16H,6-7H2,1H3/t12-/m0/s1. The van der Waals surface area contributed by atoms with Crippen molar-refractivity contribution in [3.05, 3.63) is 53.1 Å². The van der Waals surface area contributed by atoms with Gasteiger partial charge in [-0.3, -0.25) is 0 Å². The van der Waals surface area contributed by atoms with Crippen molar-refractivity contribution in [3.63, 3.8) is 0 Å². The third-order valence-corrected chi connectivity index (χ3v) is 4.13. The maximum Gasteiger partial charge on any atom is 0.179 e. The smallest absolute Gasteiger partial charge is 0.179 e. The second-order valence-electron chi connectivity index (χ2n) is 4.54. The Labute approximate surface area is 122 Å². The van der Waals surface area contributed by atoms with Gasteiger partial charge in [0.2, 0.25) is 0 Å². The molecule has 0 aliphatic rings. The first-order valence-electron chi connectivity index (χ1n) is 6.65. The van der Waals surface area contributed by atoms with E-state index in [1.807, 2.05) is 36.0 Å². The molecule has 1 atom stereocenters. The summed E-state index contributed by atoms with van der Waals surface area (Å²) in [7, 11) is 1.96. The predicted molar refractivity (Wildman–Crippen MR) is 81.4 cm³/mol. The highest BCUT2D eigenvalue weighted by atomic mass is 32.1. The van der Waals surface area contributed by atoms with Crippen LogP contribution in [-0.2, 0) is 0 Å². The number of hydrogen-bond acceptors (Lipinski definition) is 4. The fourth-order valence-electron chi connectivity index (χ4n) is 2.18. The number of pyridine rings is 1. The molecule has 3 aromatic heterocycles. The van der Waals surface area contributed by atoms with Gasteiger partial charge in [-0.15, -0.1) is 11.3 Å². The number of hydrogen-bond donors (Lipinski definition) is 1. The van der Waals surface area contributed by atoms with E-state index in [2.05, 4.69) is 27.8 Å². The lowest BCUT2D eigenvalue weighted by molar-refractivity contribution is 0.200. The van der Waals surface area contributed by atoms with E-state index in [1.54, 1.807) is 17.5 Å². The average molecular weight is 287 g/mol. The van der Waals surface area contributed by atoms with Crippen LogP contribution in [0.4, 0.5) is 0 Å². The van der Waals surface area contributed by atoms with Crippen molar-refractivity contribution in [2.75, 3.05) is 13.6 Å². The summed E-state index contributed by atoms with van der Waals surface area (Å²) < 4.78 is 8.19. The Bertz CT molecular complexity index is 663. The lowest BCUT2D eigenvalue weighted by Gasteiger charge is -2.18. The third kappa shape index (κ3) is 2.69. The maximum atomic E-state index is 6.22. The van der Waals surface area contributed by atoms with E-state index >= 15 is 0 Å². The molecule has 0 aliphatic heterocycles. The molecule has 0 aliphatic carbocycles. The fourth-order valence-corrected chi connectivity index (χ4v) is 2.97. The fraction of sp³-hybridized carbons (Fsp3) is 0.267. The van der Waals surface area contributed by atoms with Crippen LogP contribution in [0.2, 0.25) is 0 Å². The molecule has 4 nitrogen and oxygen atoms in total. The first-order valence-corrected chi connectivity index (χ1v) is 7.53. The number of rotatable bonds is 6. The minimum atomic E-state index is 0.0605. The van der Waals surface area contributed by atoms with Gasteiger partial charge in [0, 0.05) is 29.9 Å². The summed E-state index contributed by atoms with van der Waals surface area (Å²) in [6.07, 6.45) is 6.68. The lowest BCUT2D eigenvalue weighted by atomic mass is 10.2. The minimum absolute atomic E-state index is 0.0605. The number of ether oxygens (including phenoxy) is 1. The molecule has 0 spiro atoms. The van der Waals surface area contributed by atoms with Crippen molar-refractivity contribution in [1.82, 2.24) is 14.7 Å². The summed E-state index contributed by atoms with van der Waals surface area (Å²) in [6.45, 7) is 0.917. The molecule has 0 bridgehead atoms. The van der Waals surface area contributed by atoms with E-state index in [1.165, 1.54) is 4.88 Å². The molecular formula is C15H17N3OS. The average Bonchev–Trinajstić information content (AvgIpc) is 3.14. The van der Waals surface area contributed by atoms with Gasteiger partial charge in [-0.1, -0.05) is 6.07 Å². The summed E-state index contributed by atoms with van der Waals surface area (Å²) in [4.78, 5) is 5.60. The zero-order valence-electron chi connectivity index (χ0n) is 11.3. The quantitative estimate of drug-likeness (QED) is 0.757. The van der Waals surface area contributed by atoms with E-state index < -0.39 is 0 Å². The second-order valence-corrected chi connectivity index (χ2v) is 5.52. The summed E-state index contributed by atoms with van der Waals surface area (Å²) in [5, 5.41) is 5.27. The molecule has 0 radical (unpaired) electrons. The summed E-state index contributed by atoms with van der Waals surface area (Å²) in [6, 6.07) is 8.14. The summed E-state index contributed by atoms with van der Waals surface area (Å²) >= 11 is 1.73. The molecule has 0 amide bonds. The van der Waals surface area contributed by atoms with Crippen LogP contribution in [0.15, 0.2) is 48.2 Å². The van der Waals surface area contributed by atoms with Gasteiger partial charge in [-0.2, -0.15) is 0 Å². The third-order valence-electron chi connectivity index (χ3n) is 3.17.